The van der Waals surface area contributed by atoms with E-state index in [1.54, 1.807) is 44.2 Å². The molecule has 11 N–H and O–H groups in total. The van der Waals surface area contributed by atoms with E-state index in [0.717, 1.165) is 0 Å². The van der Waals surface area contributed by atoms with E-state index in [1.807, 2.05) is 0 Å². The Balaban J connectivity index is 3.03. The third kappa shape index (κ3) is 12.9. The largest absolute Gasteiger partial charge is 0.480 e. The van der Waals surface area contributed by atoms with Crippen molar-refractivity contribution in [3.8, 4) is 0 Å². The maximum Gasteiger partial charge on any atom is 0.326 e. The first-order valence-corrected chi connectivity index (χ1v) is 13.0. The molecule has 0 aliphatic rings. The molecule has 0 aliphatic heterocycles. The van der Waals surface area contributed by atoms with Crippen molar-refractivity contribution in [3.63, 3.8) is 0 Å². The van der Waals surface area contributed by atoms with Crippen LogP contribution in [0, 0.1) is 5.92 Å². The first kappa shape index (κ1) is 34.5. The lowest BCUT2D eigenvalue weighted by Gasteiger charge is -2.24. The number of primary amides is 2. The predicted octanol–water partition coefficient (Wildman–Crippen LogP) is -2.60. The molecule has 0 spiro atoms. The van der Waals surface area contributed by atoms with Crippen molar-refractivity contribution in [2.45, 2.75) is 70.1 Å². The van der Waals surface area contributed by atoms with Gasteiger partial charge in [0.15, 0.2) is 0 Å². The molecule has 0 aliphatic carbocycles. The Kier molecular flexibility index (Phi) is 14.5. The van der Waals surface area contributed by atoms with Gasteiger partial charge >= 0.3 is 5.97 Å². The van der Waals surface area contributed by atoms with Gasteiger partial charge in [0.1, 0.15) is 18.1 Å². The summed E-state index contributed by atoms with van der Waals surface area (Å²) >= 11 is 0. The fourth-order valence-electron chi connectivity index (χ4n) is 3.67. The zero-order chi connectivity index (χ0) is 31.1. The molecule has 15 nitrogen and oxygen atoms in total. The highest BCUT2D eigenvalue weighted by Gasteiger charge is 2.30. The number of rotatable bonds is 18. The van der Waals surface area contributed by atoms with Gasteiger partial charge in [0, 0.05) is 12.8 Å². The molecule has 226 valence electrons. The fraction of sp³-hybridized carbons (Fsp3) is 0.500. The van der Waals surface area contributed by atoms with E-state index in [4.69, 9.17) is 17.2 Å². The Labute approximate surface area is 237 Å². The van der Waals surface area contributed by atoms with Crippen LogP contribution < -0.4 is 38.5 Å². The van der Waals surface area contributed by atoms with Gasteiger partial charge in [0.05, 0.1) is 19.0 Å². The Bertz CT molecular complexity index is 1100. The number of amides is 6. The molecule has 15 heteroatoms. The van der Waals surface area contributed by atoms with Gasteiger partial charge in [-0.05, 0) is 17.9 Å². The molecule has 1 aromatic rings. The summed E-state index contributed by atoms with van der Waals surface area (Å²) in [6.45, 7) is 2.81. The molecule has 0 bridgehead atoms. The predicted molar refractivity (Wildman–Crippen MR) is 146 cm³/mol. The summed E-state index contributed by atoms with van der Waals surface area (Å²) in [4.78, 5) is 85.1. The summed E-state index contributed by atoms with van der Waals surface area (Å²) in [7, 11) is 0. The van der Waals surface area contributed by atoms with Crippen LogP contribution in [0.4, 0.5) is 0 Å². The second-order valence-corrected chi connectivity index (χ2v) is 9.58. The van der Waals surface area contributed by atoms with Crippen LogP contribution in [0.15, 0.2) is 30.3 Å². The zero-order valence-electron chi connectivity index (χ0n) is 23.1. The molecule has 1 aromatic carbocycles. The average molecular weight is 578 g/mol. The van der Waals surface area contributed by atoms with E-state index in [2.05, 4.69) is 21.3 Å². The minimum absolute atomic E-state index is 0.0134. The van der Waals surface area contributed by atoms with E-state index in [-0.39, 0.29) is 25.2 Å². The van der Waals surface area contributed by atoms with Crippen LogP contribution in [-0.2, 0) is 40.0 Å². The molecule has 0 saturated carbocycles. The number of carboxylic acids is 1. The maximum atomic E-state index is 13.3. The monoisotopic (exact) mass is 577 g/mol. The van der Waals surface area contributed by atoms with Gasteiger partial charge in [0.2, 0.25) is 35.4 Å². The smallest absolute Gasteiger partial charge is 0.326 e. The van der Waals surface area contributed by atoms with Crippen LogP contribution in [0.1, 0.15) is 45.1 Å². The Morgan fingerprint density at radius 2 is 1.46 bits per heavy atom. The van der Waals surface area contributed by atoms with Crippen molar-refractivity contribution in [3.05, 3.63) is 35.9 Å². The minimum Gasteiger partial charge on any atom is -0.480 e. The standard InChI is InChI=1S/C26H39N7O8/c1-3-14(2)22(26(40)41)33-21(36)13-30-24(38)17(9-10-19(28)34)31-25(39)18(11-15-7-5-4-6-8-15)32-23(37)16(27)12-20(29)35/h4-8,14,16-18,22H,3,9-13,27H2,1-2H3,(H2,28,34)(H2,29,35)(H,30,38)(H,31,39)(H,32,37)(H,33,36)(H,40,41)/t14-,16-,17-,18-,22-/m0/s1. The van der Waals surface area contributed by atoms with Gasteiger partial charge in [0.25, 0.3) is 0 Å². The molecule has 1 rings (SSSR count). The first-order valence-electron chi connectivity index (χ1n) is 13.0. The highest BCUT2D eigenvalue weighted by atomic mass is 16.4. The number of hydrogen-bond donors (Lipinski definition) is 8. The molecule has 0 aromatic heterocycles. The molecule has 41 heavy (non-hydrogen) atoms. The first-order chi connectivity index (χ1) is 19.2. The number of benzene rings is 1. The molecular weight excluding hydrogens is 538 g/mol. The third-order valence-electron chi connectivity index (χ3n) is 6.20. The fourth-order valence-corrected chi connectivity index (χ4v) is 3.67. The molecule has 0 saturated heterocycles. The second-order valence-electron chi connectivity index (χ2n) is 9.58. The molecular formula is C26H39N7O8. The van der Waals surface area contributed by atoms with Crippen molar-refractivity contribution in [1.82, 2.24) is 21.3 Å². The average Bonchev–Trinajstić information content (AvgIpc) is 2.91. The van der Waals surface area contributed by atoms with Crippen LogP contribution in [-0.4, -0.2) is 77.2 Å². The molecule has 0 heterocycles. The zero-order valence-corrected chi connectivity index (χ0v) is 23.1. The summed E-state index contributed by atoms with van der Waals surface area (Å²) in [6, 6.07) is 3.51. The summed E-state index contributed by atoms with van der Waals surface area (Å²) < 4.78 is 0. The van der Waals surface area contributed by atoms with E-state index in [0.29, 0.717) is 12.0 Å². The lowest BCUT2D eigenvalue weighted by atomic mass is 9.99. The number of carbonyl (C=O) groups excluding carboxylic acids is 6. The summed E-state index contributed by atoms with van der Waals surface area (Å²) in [5.74, 6) is -6.43. The van der Waals surface area contributed by atoms with Crippen molar-refractivity contribution in [1.29, 1.82) is 0 Å². The summed E-state index contributed by atoms with van der Waals surface area (Å²) in [6.07, 6.45) is -0.512. The van der Waals surface area contributed by atoms with Gasteiger partial charge in [-0.3, -0.25) is 28.8 Å². The van der Waals surface area contributed by atoms with Crippen LogP contribution in [0.5, 0.6) is 0 Å². The highest BCUT2D eigenvalue weighted by Crippen LogP contribution is 2.08. The number of nitrogens with one attached hydrogen (secondary N) is 4. The van der Waals surface area contributed by atoms with Crippen LogP contribution in [0.3, 0.4) is 0 Å². The van der Waals surface area contributed by atoms with E-state index < -0.39 is 78.5 Å². The molecule has 6 amide bonds. The maximum absolute atomic E-state index is 13.3. The van der Waals surface area contributed by atoms with Crippen molar-refractivity contribution < 1.29 is 38.7 Å². The summed E-state index contributed by atoms with van der Waals surface area (Å²) in [5.41, 5.74) is 16.7. The minimum atomic E-state index is -1.35. The Morgan fingerprint density at radius 1 is 0.854 bits per heavy atom. The lowest BCUT2D eigenvalue weighted by Crippen LogP contribution is -2.57. The number of aliphatic carboxylic acids is 1. The number of hydrogen-bond acceptors (Lipinski definition) is 8. The number of carboxylic acid groups (broad SMARTS) is 1. The van der Waals surface area contributed by atoms with Crippen LogP contribution in [0.2, 0.25) is 0 Å². The summed E-state index contributed by atoms with van der Waals surface area (Å²) in [5, 5.41) is 18.9. The molecule has 0 unspecified atom stereocenters. The van der Waals surface area contributed by atoms with Gasteiger partial charge in [-0.25, -0.2) is 4.79 Å². The molecule has 0 radical (unpaired) electrons. The normalized spacial score (nSPS) is 14.3. The topological polar surface area (TPSA) is 266 Å². The van der Waals surface area contributed by atoms with Gasteiger partial charge in [-0.1, -0.05) is 50.6 Å². The van der Waals surface area contributed by atoms with E-state index in [9.17, 15) is 38.7 Å². The van der Waals surface area contributed by atoms with Crippen molar-refractivity contribution in [2.75, 3.05) is 6.54 Å². The number of carbonyl (C=O) groups is 7. The van der Waals surface area contributed by atoms with Crippen molar-refractivity contribution in [2.24, 2.45) is 23.1 Å². The molecule has 0 fully saturated rings. The van der Waals surface area contributed by atoms with Gasteiger partial charge in [-0.2, -0.15) is 0 Å². The highest BCUT2D eigenvalue weighted by molar-refractivity contribution is 5.95. The lowest BCUT2D eigenvalue weighted by molar-refractivity contribution is -0.143. The number of nitrogens with two attached hydrogens (primary N) is 3. The quantitative estimate of drug-likeness (QED) is 0.0907. The Morgan fingerprint density at radius 3 is 2.00 bits per heavy atom. The van der Waals surface area contributed by atoms with E-state index in [1.165, 1.54) is 0 Å². The van der Waals surface area contributed by atoms with Crippen LogP contribution in [0.25, 0.3) is 0 Å². The van der Waals surface area contributed by atoms with E-state index >= 15 is 0 Å². The SMILES string of the molecule is CC[C@H](C)[C@H](NC(=O)CNC(=O)[C@H](CCC(N)=O)NC(=O)[C@H](Cc1ccccc1)NC(=O)[C@@H](N)CC(N)=O)C(=O)O. The third-order valence-corrected chi connectivity index (χ3v) is 6.20. The van der Waals surface area contributed by atoms with Crippen molar-refractivity contribution >= 4 is 41.4 Å². The van der Waals surface area contributed by atoms with Crippen LogP contribution >= 0.6 is 0 Å². The van der Waals surface area contributed by atoms with Gasteiger partial charge in [-0.15, -0.1) is 0 Å². The molecule has 5 atom stereocenters. The Hall–Kier alpha value is -4.53. The second kappa shape index (κ2) is 17.2. The van der Waals surface area contributed by atoms with Gasteiger partial charge < -0.3 is 43.6 Å².